The van der Waals surface area contributed by atoms with E-state index in [-0.39, 0.29) is 18.1 Å². The number of benzene rings is 1. The number of aryl methyl sites for hydroxylation is 1. The first-order valence-electron chi connectivity index (χ1n) is 8.69. The lowest BCUT2D eigenvalue weighted by molar-refractivity contribution is 0.226. The quantitative estimate of drug-likeness (QED) is 0.872. The van der Waals surface area contributed by atoms with Gasteiger partial charge in [-0.2, -0.15) is 4.98 Å². The number of hydrogen-bond donors (Lipinski definition) is 2. The third-order valence-corrected chi connectivity index (χ3v) is 4.65. The van der Waals surface area contributed by atoms with E-state index in [2.05, 4.69) is 56.9 Å². The van der Waals surface area contributed by atoms with E-state index in [0.717, 1.165) is 19.5 Å². The molecule has 7 heteroatoms. The predicted molar refractivity (Wildman–Crippen MR) is 94.0 cm³/mol. The molecule has 0 bridgehead atoms. The monoisotopic (exact) mass is 343 g/mol. The van der Waals surface area contributed by atoms with E-state index >= 15 is 0 Å². The maximum Gasteiger partial charge on any atom is 0.315 e. The minimum absolute atomic E-state index is 0.141. The van der Waals surface area contributed by atoms with Gasteiger partial charge in [-0.25, -0.2) is 4.79 Å². The van der Waals surface area contributed by atoms with Gasteiger partial charge in [0.1, 0.15) is 6.04 Å². The summed E-state index contributed by atoms with van der Waals surface area (Å²) in [6.45, 7) is 7.60. The van der Waals surface area contributed by atoms with Gasteiger partial charge in [0, 0.05) is 25.2 Å². The second kappa shape index (κ2) is 7.65. The smallest absolute Gasteiger partial charge is 0.315 e. The normalized spacial score (nSPS) is 20.2. The van der Waals surface area contributed by atoms with Crippen LogP contribution in [0, 0.1) is 6.92 Å². The van der Waals surface area contributed by atoms with Crippen molar-refractivity contribution in [1.82, 2.24) is 25.7 Å². The topological polar surface area (TPSA) is 83.3 Å². The largest absolute Gasteiger partial charge is 0.337 e. The number of aromatic nitrogens is 2. The van der Waals surface area contributed by atoms with E-state index in [0.29, 0.717) is 17.8 Å². The molecule has 2 N–H and O–H groups in total. The molecule has 134 valence electrons. The molecule has 7 nitrogen and oxygen atoms in total. The van der Waals surface area contributed by atoms with Crippen molar-refractivity contribution in [2.24, 2.45) is 0 Å². The Kier molecular flexibility index (Phi) is 5.33. The number of urea groups is 1. The molecule has 2 heterocycles. The average Bonchev–Trinajstić information content (AvgIpc) is 3.24. The Hall–Kier alpha value is -2.41. The van der Waals surface area contributed by atoms with E-state index in [4.69, 9.17) is 4.52 Å². The van der Waals surface area contributed by atoms with Gasteiger partial charge in [-0.1, -0.05) is 35.5 Å². The molecule has 0 aliphatic carbocycles. The summed E-state index contributed by atoms with van der Waals surface area (Å²) in [5, 5.41) is 9.63. The fourth-order valence-electron chi connectivity index (χ4n) is 3.17. The van der Waals surface area contributed by atoms with Crippen molar-refractivity contribution in [3.63, 3.8) is 0 Å². The van der Waals surface area contributed by atoms with Crippen molar-refractivity contribution in [1.29, 1.82) is 0 Å². The Labute approximate surface area is 147 Å². The first kappa shape index (κ1) is 17.4. The van der Waals surface area contributed by atoms with Gasteiger partial charge in [0.2, 0.25) is 5.89 Å². The highest BCUT2D eigenvalue weighted by Gasteiger charge is 2.28. The third kappa shape index (κ3) is 4.36. The van der Waals surface area contributed by atoms with Gasteiger partial charge in [0.15, 0.2) is 5.82 Å². The average molecular weight is 343 g/mol. The van der Waals surface area contributed by atoms with Crippen LogP contribution in [0.1, 0.15) is 49.6 Å². The third-order valence-electron chi connectivity index (χ3n) is 4.65. The van der Waals surface area contributed by atoms with Crippen molar-refractivity contribution < 1.29 is 9.32 Å². The summed E-state index contributed by atoms with van der Waals surface area (Å²) in [6, 6.07) is 10.4. The van der Waals surface area contributed by atoms with Crippen LogP contribution in [-0.4, -0.2) is 40.2 Å². The van der Waals surface area contributed by atoms with Crippen molar-refractivity contribution in [2.45, 2.75) is 45.3 Å². The highest BCUT2D eigenvalue weighted by molar-refractivity contribution is 5.74. The van der Waals surface area contributed by atoms with E-state index in [9.17, 15) is 4.79 Å². The molecule has 2 amide bonds. The van der Waals surface area contributed by atoms with E-state index < -0.39 is 0 Å². The van der Waals surface area contributed by atoms with Crippen LogP contribution in [0.25, 0.3) is 0 Å². The molecule has 0 radical (unpaired) electrons. The van der Waals surface area contributed by atoms with Crippen LogP contribution in [0.3, 0.4) is 0 Å². The van der Waals surface area contributed by atoms with Crippen molar-refractivity contribution >= 4 is 6.03 Å². The number of carbonyl (C=O) groups excluding carboxylic acids is 1. The van der Waals surface area contributed by atoms with Gasteiger partial charge in [-0.05, 0) is 32.8 Å². The number of nitrogens with one attached hydrogen (secondary N) is 2. The zero-order chi connectivity index (χ0) is 17.8. The molecule has 1 aliphatic rings. The van der Waals surface area contributed by atoms with Crippen LogP contribution in [-0.2, 0) is 0 Å². The summed E-state index contributed by atoms with van der Waals surface area (Å²) in [5.74, 6) is 0.976. The lowest BCUT2D eigenvalue weighted by Gasteiger charge is -2.25. The van der Waals surface area contributed by atoms with E-state index in [1.54, 1.807) is 6.92 Å². The second-order valence-corrected chi connectivity index (χ2v) is 6.59. The lowest BCUT2D eigenvalue weighted by Crippen LogP contribution is -2.44. The highest BCUT2D eigenvalue weighted by Crippen LogP contribution is 2.24. The summed E-state index contributed by atoms with van der Waals surface area (Å²) < 4.78 is 5.08. The molecular weight excluding hydrogens is 318 g/mol. The maximum absolute atomic E-state index is 12.2. The van der Waals surface area contributed by atoms with Crippen LogP contribution in [0.4, 0.5) is 4.79 Å². The highest BCUT2D eigenvalue weighted by atomic mass is 16.5. The van der Waals surface area contributed by atoms with Crippen LogP contribution < -0.4 is 10.6 Å². The predicted octanol–water partition coefficient (Wildman–Crippen LogP) is 2.57. The summed E-state index contributed by atoms with van der Waals surface area (Å²) in [7, 11) is 0. The van der Waals surface area contributed by atoms with Crippen molar-refractivity contribution in [3.05, 3.63) is 47.6 Å². The van der Waals surface area contributed by atoms with Gasteiger partial charge in [-0.3, -0.25) is 4.90 Å². The fourth-order valence-corrected chi connectivity index (χ4v) is 3.17. The molecule has 0 spiro atoms. The fraction of sp³-hybridized carbons (Fsp3) is 0.500. The Morgan fingerprint density at radius 2 is 2.08 bits per heavy atom. The van der Waals surface area contributed by atoms with Crippen LogP contribution in [0.5, 0.6) is 0 Å². The van der Waals surface area contributed by atoms with Crippen LogP contribution in [0.2, 0.25) is 0 Å². The Bertz CT molecular complexity index is 703. The molecule has 1 aromatic carbocycles. The number of carbonyl (C=O) groups is 1. The van der Waals surface area contributed by atoms with Crippen LogP contribution >= 0.6 is 0 Å². The summed E-state index contributed by atoms with van der Waals surface area (Å²) in [5.41, 5.74) is 1.30. The molecule has 3 atom stereocenters. The Morgan fingerprint density at radius 3 is 2.76 bits per heavy atom. The van der Waals surface area contributed by atoms with Gasteiger partial charge >= 0.3 is 6.03 Å². The molecule has 3 unspecified atom stereocenters. The molecule has 2 aromatic rings. The van der Waals surface area contributed by atoms with Gasteiger partial charge < -0.3 is 15.2 Å². The van der Waals surface area contributed by atoms with E-state index in [1.165, 1.54) is 5.56 Å². The van der Waals surface area contributed by atoms with Gasteiger partial charge in [-0.15, -0.1) is 0 Å². The SMILES string of the molecule is Cc1noc(C(C)NC(=O)NC2CCN(C(C)c3ccccc3)C2)n1. The number of hydrogen-bond acceptors (Lipinski definition) is 5. The molecule has 25 heavy (non-hydrogen) atoms. The summed E-state index contributed by atoms with van der Waals surface area (Å²) in [6.07, 6.45) is 0.943. The Morgan fingerprint density at radius 1 is 1.32 bits per heavy atom. The summed E-state index contributed by atoms with van der Waals surface area (Å²) >= 11 is 0. The van der Waals surface area contributed by atoms with Gasteiger partial charge in [0.05, 0.1) is 0 Å². The number of amides is 2. The zero-order valence-corrected chi connectivity index (χ0v) is 14.9. The van der Waals surface area contributed by atoms with Crippen molar-refractivity contribution in [2.75, 3.05) is 13.1 Å². The van der Waals surface area contributed by atoms with Crippen LogP contribution in [0.15, 0.2) is 34.9 Å². The first-order chi connectivity index (χ1) is 12.0. The van der Waals surface area contributed by atoms with Gasteiger partial charge in [0.25, 0.3) is 0 Å². The molecule has 1 saturated heterocycles. The second-order valence-electron chi connectivity index (χ2n) is 6.59. The Balaban J connectivity index is 1.48. The molecule has 1 fully saturated rings. The molecule has 1 aromatic heterocycles. The zero-order valence-electron chi connectivity index (χ0n) is 14.9. The summed E-state index contributed by atoms with van der Waals surface area (Å²) in [4.78, 5) is 18.7. The minimum Gasteiger partial charge on any atom is -0.337 e. The molecule has 3 rings (SSSR count). The molecular formula is C18H25N5O2. The molecule has 0 saturated carbocycles. The standard InChI is InChI=1S/C18H25N5O2/c1-12(17-20-14(3)22-25-17)19-18(24)21-16-9-10-23(11-16)13(2)15-7-5-4-6-8-15/h4-8,12-13,16H,9-11H2,1-3H3,(H2,19,21,24). The number of rotatable bonds is 5. The molecule has 1 aliphatic heterocycles. The number of likely N-dealkylation sites (tertiary alicyclic amines) is 1. The maximum atomic E-state index is 12.2. The number of nitrogens with zero attached hydrogens (tertiary/aromatic N) is 3. The van der Waals surface area contributed by atoms with Crippen molar-refractivity contribution in [3.8, 4) is 0 Å². The minimum atomic E-state index is -0.318. The van der Waals surface area contributed by atoms with E-state index in [1.807, 2.05) is 13.0 Å². The first-order valence-corrected chi connectivity index (χ1v) is 8.69. The lowest BCUT2D eigenvalue weighted by atomic mass is 10.1.